The van der Waals surface area contributed by atoms with Crippen LogP contribution in [0.4, 0.5) is 4.79 Å². The van der Waals surface area contributed by atoms with E-state index in [1.165, 1.54) is 0 Å². The van der Waals surface area contributed by atoms with Gasteiger partial charge in [0.25, 0.3) is 5.91 Å². The van der Waals surface area contributed by atoms with E-state index >= 15 is 0 Å². The summed E-state index contributed by atoms with van der Waals surface area (Å²) in [6.07, 6.45) is 4.43. The number of piperidine rings is 1. The molecular weight excluding hydrogens is 236 g/mol. The smallest absolute Gasteiger partial charge is 0.328 e. The molecule has 1 rings (SSSR count). The Balaban J connectivity index is 2.58. The number of aliphatic carboxylic acids is 1. The molecule has 0 spiro atoms. The highest BCUT2D eigenvalue weighted by molar-refractivity contribution is 6.02. The second-order valence-corrected chi connectivity index (χ2v) is 4.50. The summed E-state index contributed by atoms with van der Waals surface area (Å²) in [5.41, 5.74) is 0. The SMILES string of the molecule is CC1CCCC(C)N1C(=O)NC(=O)/C=C/C(=O)O. The van der Waals surface area contributed by atoms with Gasteiger partial charge < -0.3 is 10.0 Å². The molecule has 1 heterocycles. The molecular formula is C12H18N2O4. The number of likely N-dealkylation sites (tertiary alicyclic amines) is 1. The standard InChI is InChI=1S/C12H18N2O4/c1-8-4-3-5-9(2)14(8)12(18)13-10(15)6-7-11(16)17/h6-9H,3-5H2,1-2H3,(H,16,17)(H,13,15,18)/b7-6+. The lowest BCUT2D eigenvalue weighted by Gasteiger charge is -2.38. The van der Waals surface area contributed by atoms with Crippen LogP contribution >= 0.6 is 0 Å². The molecule has 1 saturated heterocycles. The molecule has 1 fully saturated rings. The lowest BCUT2D eigenvalue weighted by Crippen LogP contribution is -2.52. The fraction of sp³-hybridized carbons (Fsp3) is 0.583. The minimum Gasteiger partial charge on any atom is -0.478 e. The second-order valence-electron chi connectivity index (χ2n) is 4.50. The van der Waals surface area contributed by atoms with E-state index in [9.17, 15) is 14.4 Å². The molecule has 0 aromatic carbocycles. The number of hydrogen-bond acceptors (Lipinski definition) is 3. The first kappa shape index (κ1) is 14.2. The number of carboxylic acids is 1. The molecule has 1 aliphatic rings. The van der Waals surface area contributed by atoms with Gasteiger partial charge in [-0.3, -0.25) is 10.1 Å². The van der Waals surface area contributed by atoms with Crippen LogP contribution in [0.1, 0.15) is 33.1 Å². The summed E-state index contributed by atoms with van der Waals surface area (Å²) in [7, 11) is 0. The molecule has 0 bridgehead atoms. The Morgan fingerprint density at radius 3 is 2.22 bits per heavy atom. The number of rotatable bonds is 2. The van der Waals surface area contributed by atoms with Gasteiger partial charge in [0.2, 0.25) is 0 Å². The number of imide groups is 1. The molecule has 0 aromatic heterocycles. The molecule has 0 radical (unpaired) electrons. The van der Waals surface area contributed by atoms with E-state index in [0.29, 0.717) is 6.08 Å². The van der Waals surface area contributed by atoms with E-state index in [-0.39, 0.29) is 12.1 Å². The van der Waals surface area contributed by atoms with Gasteiger partial charge in [0.15, 0.2) is 0 Å². The summed E-state index contributed by atoms with van der Waals surface area (Å²) in [5.74, 6) is -1.94. The van der Waals surface area contributed by atoms with Crippen molar-refractivity contribution < 1.29 is 19.5 Å². The van der Waals surface area contributed by atoms with Gasteiger partial charge in [-0.2, -0.15) is 0 Å². The first-order chi connectivity index (χ1) is 8.41. The number of urea groups is 1. The largest absolute Gasteiger partial charge is 0.478 e. The highest BCUT2D eigenvalue weighted by atomic mass is 16.4. The molecule has 1 aliphatic heterocycles. The van der Waals surface area contributed by atoms with Gasteiger partial charge in [0.1, 0.15) is 0 Å². The zero-order chi connectivity index (χ0) is 13.7. The van der Waals surface area contributed by atoms with Crippen LogP contribution in [0.25, 0.3) is 0 Å². The van der Waals surface area contributed by atoms with E-state index in [2.05, 4.69) is 5.32 Å². The Labute approximate surface area is 106 Å². The highest BCUT2D eigenvalue weighted by Crippen LogP contribution is 2.22. The fourth-order valence-corrected chi connectivity index (χ4v) is 2.18. The predicted molar refractivity (Wildman–Crippen MR) is 64.9 cm³/mol. The second kappa shape index (κ2) is 6.18. The Morgan fingerprint density at radius 2 is 1.72 bits per heavy atom. The molecule has 0 aliphatic carbocycles. The van der Waals surface area contributed by atoms with Crippen LogP contribution in [-0.4, -0.2) is 40.0 Å². The topological polar surface area (TPSA) is 86.7 Å². The van der Waals surface area contributed by atoms with Crippen molar-refractivity contribution in [2.45, 2.75) is 45.2 Å². The summed E-state index contributed by atoms with van der Waals surface area (Å²) in [6, 6.07) is -0.287. The van der Waals surface area contributed by atoms with Crippen molar-refractivity contribution in [3.8, 4) is 0 Å². The number of nitrogens with zero attached hydrogens (tertiary/aromatic N) is 1. The van der Waals surface area contributed by atoms with Crippen LogP contribution in [0.3, 0.4) is 0 Å². The van der Waals surface area contributed by atoms with E-state index in [0.717, 1.165) is 25.3 Å². The average molecular weight is 254 g/mol. The van der Waals surface area contributed by atoms with Crippen molar-refractivity contribution in [3.63, 3.8) is 0 Å². The summed E-state index contributed by atoms with van der Waals surface area (Å²) in [4.78, 5) is 35.1. The van der Waals surface area contributed by atoms with Gasteiger partial charge in [-0.05, 0) is 33.1 Å². The Kier molecular flexibility index (Phi) is 4.88. The van der Waals surface area contributed by atoms with E-state index in [1.807, 2.05) is 13.8 Å². The van der Waals surface area contributed by atoms with Gasteiger partial charge in [-0.15, -0.1) is 0 Å². The van der Waals surface area contributed by atoms with Gasteiger partial charge in [-0.1, -0.05) is 0 Å². The lowest BCUT2D eigenvalue weighted by atomic mass is 9.98. The van der Waals surface area contributed by atoms with Crippen LogP contribution in [-0.2, 0) is 9.59 Å². The van der Waals surface area contributed by atoms with Crippen molar-refractivity contribution in [2.24, 2.45) is 0 Å². The molecule has 100 valence electrons. The van der Waals surface area contributed by atoms with Gasteiger partial charge in [0, 0.05) is 24.2 Å². The molecule has 2 atom stereocenters. The number of nitrogens with one attached hydrogen (secondary N) is 1. The summed E-state index contributed by atoms with van der Waals surface area (Å²) >= 11 is 0. The zero-order valence-corrected chi connectivity index (χ0v) is 10.5. The fourth-order valence-electron chi connectivity index (χ4n) is 2.18. The van der Waals surface area contributed by atoms with Gasteiger partial charge >= 0.3 is 12.0 Å². The average Bonchev–Trinajstić information content (AvgIpc) is 2.26. The van der Waals surface area contributed by atoms with Crippen LogP contribution in [0.2, 0.25) is 0 Å². The summed E-state index contributed by atoms with van der Waals surface area (Å²) in [6.45, 7) is 3.87. The number of carboxylic acid groups (broad SMARTS) is 1. The zero-order valence-electron chi connectivity index (χ0n) is 10.5. The summed E-state index contributed by atoms with van der Waals surface area (Å²) in [5, 5.41) is 10.5. The maximum absolute atomic E-state index is 11.9. The Bertz CT molecular complexity index is 368. The number of amides is 3. The molecule has 3 amide bonds. The first-order valence-electron chi connectivity index (χ1n) is 5.96. The predicted octanol–water partition coefficient (Wildman–Crippen LogP) is 1.13. The Hall–Kier alpha value is -1.85. The number of hydrogen-bond donors (Lipinski definition) is 2. The van der Waals surface area contributed by atoms with Gasteiger partial charge in [0.05, 0.1) is 0 Å². The minimum absolute atomic E-state index is 0.0880. The minimum atomic E-state index is -1.22. The normalized spacial score (nSPS) is 24.0. The molecule has 18 heavy (non-hydrogen) atoms. The molecule has 6 nitrogen and oxygen atoms in total. The van der Waals surface area contributed by atoms with E-state index in [4.69, 9.17) is 5.11 Å². The number of carbonyl (C=O) groups excluding carboxylic acids is 2. The Morgan fingerprint density at radius 1 is 1.17 bits per heavy atom. The van der Waals surface area contributed by atoms with E-state index < -0.39 is 17.9 Å². The molecule has 2 N–H and O–H groups in total. The third-order valence-electron chi connectivity index (χ3n) is 3.04. The van der Waals surface area contributed by atoms with Crippen LogP contribution in [0, 0.1) is 0 Å². The van der Waals surface area contributed by atoms with E-state index in [1.54, 1.807) is 4.90 Å². The maximum atomic E-state index is 11.9. The van der Waals surface area contributed by atoms with Crippen molar-refractivity contribution in [3.05, 3.63) is 12.2 Å². The van der Waals surface area contributed by atoms with Crippen LogP contribution < -0.4 is 5.32 Å². The maximum Gasteiger partial charge on any atom is 0.328 e. The van der Waals surface area contributed by atoms with Crippen molar-refractivity contribution >= 4 is 17.9 Å². The molecule has 0 aromatic rings. The highest BCUT2D eigenvalue weighted by Gasteiger charge is 2.29. The lowest BCUT2D eigenvalue weighted by molar-refractivity contribution is -0.131. The first-order valence-corrected chi connectivity index (χ1v) is 5.96. The van der Waals surface area contributed by atoms with Crippen LogP contribution in [0.5, 0.6) is 0 Å². The molecule has 6 heteroatoms. The molecule has 0 saturated carbocycles. The quantitative estimate of drug-likeness (QED) is 0.723. The van der Waals surface area contributed by atoms with Crippen LogP contribution in [0.15, 0.2) is 12.2 Å². The van der Waals surface area contributed by atoms with Crippen molar-refractivity contribution in [1.82, 2.24) is 10.2 Å². The third-order valence-corrected chi connectivity index (χ3v) is 3.04. The van der Waals surface area contributed by atoms with Gasteiger partial charge in [-0.25, -0.2) is 9.59 Å². The summed E-state index contributed by atoms with van der Waals surface area (Å²) < 4.78 is 0. The van der Waals surface area contributed by atoms with Crippen molar-refractivity contribution in [1.29, 1.82) is 0 Å². The number of carbonyl (C=O) groups is 3. The third kappa shape index (κ3) is 3.87. The monoisotopic (exact) mass is 254 g/mol. The van der Waals surface area contributed by atoms with Crippen molar-refractivity contribution in [2.75, 3.05) is 0 Å². The molecule has 2 unspecified atom stereocenters.